The summed E-state index contributed by atoms with van der Waals surface area (Å²) in [5.74, 6) is -0.473. The molecule has 0 atom stereocenters. The number of aromatic nitrogens is 1. The first kappa shape index (κ1) is 18.8. The van der Waals surface area contributed by atoms with Crippen LogP contribution in [0.2, 0.25) is 10.2 Å². The number of ether oxygens (including phenoxy) is 1. The lowest BCUT2D eigenvalue weighted by atomic mass is 10.1. The molecule has 132 valence electrons. The predicted molar refractivity (Wildman–Crippen MR) is 109 cm³/mol. The van der Waals surface area contributed by atoms with Crippen molar-refractivity contribution in [2.75, 3.05) is 6.26 Å². The number of esters is 1. The molecule has 0 radical (unpaired) electrons. The Hall–Kier alpha value is -2.01. The lowest BCUT2D eigenvalue weighted by molar-refractivity contribution is -0.138. The van der Waals surface area contributed by atoms with Gasteiger partial charge in [-0.05, 0) is 42.2 Å². The van der Waals surface area contributed by atoms with Crippen molar-refractivity contribution < 1.29 is 9.53 Å². The average Bonchev–Trinajstić information content (AvgIpc) is 2.65. The Balaban J connectivity index is 1.70. The number of thioether (sulfide) groups is 1. The standard InChI is InChI=1S/C20H15Cl2NO2S/c1-26-16-8-6-14-10-15(20(22)23-18(14)11-16)12-25-19(24)9-7-13-4-2-3-5-17(13)21/h2-11H,12H2,1H3/b9-7+. The summed E-state index contributed by atoms with van der Waals surface area (Å²) in [7, 11) is 0. The molecule has 3 aromatic rings. The fraction of sp³-hybridized carbons (Fsp3) is 0.100. The molecule has 0 amide bonds. The van der Waals surface area contributed by atoms with E-state index in [1.54, 1.807) is 23.9 Å². The molecule has 1 aromatic heterocycles. The topological polar surface area (TPSA) is 39.2 Å². The van der Waals surface area contributed by atoms with Gasteiger partial charge in [0.15, 0.2) is 0 Å². The number of carbonyl (C=O) groups excluding carboxylic acids is 1. The van der Waals surface area contributed by atoms with Gasteiger partial charge in [-0.2, -0.15) is 0 Å². The number of halogens is 2. The van der Waals surface area contributed by atoms with Crippen LogP contribution in [-0.4, -0.2) is 17.2 Å². The molecule has 0 saturated heterocycles. The Labute approximate surface area is 166 Å². The Morgan fingerprint density at radius 2 is 2.00 bits per heavy atom. The van der Waals surface area contributed by atoms with Gasteiger partial charge >= 0.3 is 5.97 Å². The maximum atomic E-state index is 11.9. The highest BCUT2D eigenvalue weighted by atomic mass is 35.5. The molecule has 0 unspecified atom stereocenters. The molecular formula is C20H15Cl2NO2S. The normalized spacial score (nSPS) is 11.2. The van der Waals surface area contributed by atoms with Crippen molar-refractivity contribution in [2.24, 2.45) is 0 Å². The van der Waals surface area contributed by atoms with Gasteiger partial charge in [-0.15, -0.1) is 11.8 Å². The summed E-state index contributed by atoms with van der Waals surface area (Å²) < 4.78 is 5.27. The Morgan fingerprint density at radius 3 is 2.77 bits per heavy atom. The van der Waals surface area contributed by atoms with Crippen LogP contribution in [0.4, 0.5) is 0 Å². The molecule has 0 saturated carbocycles. The number of hydrogen-bond donors (Lipinski definition) is 0. The Kier molecular flexibility index (Phi) is 6.20. The fourth-order valence-corrected chi connectivity index (χ4v) is 3.19. The number of rotatable bonds is 5. The molecule has 3 rings (SSSR count). The number of carbonyl (C=O) groups is 1. The summed E-state index contributed by atoms with van der Waals surface area (Å²) in [6.45, 7) is 0.0533. The van der Waals surface area contributed by atoms with Gasteiger partial charge in [0, 0.05) is 26.9 Å². The van der Waals surface area contributed by atoms with E-state index in [0.717, 1.165) is 21.4 Å². The van der Waals surface area contributed by atoms with Crippen molar-refractivity contribution in [3.63, 3.8) is 0 Å². The highest BCUT2D eigenvalue weighted by molar-refractivity contribution is 7.98. The minimum atomic E-state index is -0.473. The molecule has 0 fully saturated rings. The number of hydrogen-bond acceptors (Lipinski definition) is 4. The summed E-state index contributed by atoms with van der Waals surface area (Å²) in [6, 6.07) is 15.1. The molecule has 6 heteroatoms. The largest absolute Gasteiger partial charge is 0.458 e. The van der Waals surface area contributed by atoms with Gasteiger partial charge in [-0.1, -0.05) is 47.5 Å². The molecule has 0 aliphatic carbocycles. The summed E-state index contributed by atoms with van der Waals surface area (Å²) >= 11 is 13.9. The Bertz CT molecular complexity index is 989. The van der Waals surface area contributed by atoms with Crippen LogP contribution in [0.1, 0.15) is 11.1 Å². The SMILES string of the molecule is CSc1ccc2cc(COC(=O)/C=C/c3ccccc3Cl)c(Cl)nc2c1. The first-order valence-corrected chi connectivity index (χ1v) is 9.77. The molecule has 0 spiro atoms. The number of benzene rings is 2. The van der Waals surface area contributed by atoms with Crippen LogP contribution >= 0.6 is 35.0 Å². The van der Waals surface area contributed by atoms with Crippen LogP contribution in [0, 0.1) is 0 Å². The summed E-state index contributed by atoms with van der Waals surface area (Å²) in [5, 5.41) is 1.85. The molecule has 2 aromatic carbocycles. The van der Waals surface area contributed by atoms with E-state index < -0.39 is 5.97 Å². The van der Waals surface area contributed by atoms with Crippen molar-refractivity contribution in [3.8, 4) is 0 Å². The van der Waals surface area contributed by atoms with Crippen LogP contribution in [0.5, 0.6) is 0 Å². The molecule has 0 aliphatic heterocycles. The third-order valence-corrected chi connectivity index (χ3v) is 5.12. The van der Waals surface area contributed by atoms with Gasteiger partial charge in [0.2, 0.25) is 0 Å². The Morgan fingerprint density at radius 1 is 1.19 bits per heavy atom. The molecule has 0 aliphatic rings. The first-order chi connectivity index (χ1) is 12.6. The van der Waals surface area contributed by atoms with E-state index in [1.807, 2.05) is 48.7 Å². The monoisotopic (exact) mass is 403 g/mol. The van der Waals surface area contributed by atoms with E-state index in [4.69, 9.17) is 27.9 Å². The second kappa shape index (κ2) is 8.58. The fourth-order valence-electron chi connectivity index (χ4n) is 2.36. The first-order valence-electron chi connectivity index (χ1n) is 7.79. The highest BCUT2D eigenvalue weighted by Crippen LogP contribution is 2.25. The second-order valence-electron chi connectivity index (χ2n) is 5.46. The van der Waals surface area contributed by atoms with E-state index in [0.29, 0.717) is 15.7 Å². The maximum Gasteiger partial charge on any atom is 0.331 e. The molecule has 1 heterocycles. The summed E-state index contributed by atoms with van der Waals surface area (Å²) in [4.78, 5) is 17.4. The van der Waals surface area contributed by atoms with E-state index in [-0.39, 0.29) is 6.61 Å². The molecule has 26 heavy (non-hydrogen) atoms. The molecule has 0 N–H and O–H groups in total. The van der Waals surface area contributed by atoms with Crippen molar-refractivity contribution in [1.29, 1.82) is 0 Å². The van der Waals surface area contributed by atoms with Crippen LogP contribution in [0.25, 0.3) is 17.0 Å². The zero-order chi connectivity index (χ0) is 18.5. The number of nitrogens with zero attached hydrogens (tertiary/aromatic N) is 1. The van der Waals surface area contributed by atoms with Crippen molar-refractivity contribution in [3.05, 3.63) is 75.9 Å². The molecule has 3 nitrogen and oxygen atoms in total. The predicted octanol–water partition coefficient (Wildman–Crippen LogP) is 6.02. The summed E-state index contributed by atoms with van der Waals surface area (Å²) in [6.07, 6.45) is 4.97. The minimum Gasteiger partial charge on any atom is -0.458 e. The second-order valence-corrected chi connectivity index (χ2v) is 7.10. The van der Waals surface area contributed by atoms with Crippen molar-refractivity contribution in [2.45, 2.75) is 11.5 Å². The third-order valence-electron chi connectivity index (χ3n) is 3.73. The van der Waals surface area contributed by atoms with E-state index in [1.165, 1.54) is 6.08 Å². The summed E-state index contributed by atoms with van der Waals surface area (Å²) in [5.41, 5.74) is 2.23. The van der Waals surface area contributed by atoms with E-state index in [9.17, 15) is 4.79 Å². The quantitative estimate of drug-likeness (QED) is 0.226. The van der Waals surface area contributed by atoms with Crippen molar-refractivity contribution >= 4 is 57.9 Å². The van der Waals surface area contributed by atoms with Gasteiger partial charge < -0.3 is 4.74 Å². The smallest absolute Gasteiger partial charge is 0.331 e. The highest BCUT2D eigenvalue weighted by Gasteiger charge is 2.08. The number of fused-ring (bicyclic) bond motifs is 1. The van der Waals surface area contributed by atoms with Gasteiger partial charge in [0.25, 0.3) is 0 Å². The molecular weight excluding hydrogens is 389 g/mol. The zero-order valence-electron chi connectivity index (χ0n) is 13.9. The van der Waals surface area contributed by atoms with Crippen LogP contribution in [0.15, 0.2) is 59.5 Å². The van der Waals surface area contributed by atoms with Crippen LogP contribution in [0.3, 0.4) is 0 Å². The minimum absolute atomic E-state index is 0.0533. The third kappa shape index (κ3) is 4.58. The average molecular weight is 404 g/mol. The lowest BCUT2D eigenvalue weighted by Crippen LogP contribution is -2.02. The van der Waals surface area contributed by atoms with Crippen LogP contribution in [-0.2, 0) is 16.1 Å². The van der Waals surface area contributed by atoms with Gasteiger partial charge in [-0.25, -0.2) is 9.78 Å². The van der Waals surface area contributed by atoms with Gasteiger partial charge in [0.1, 0.15) is 11.8 Å². The van der Waals surface area contributed by atoms with Crippen LogP contribution < -0.4 is 0 Å². The van der Waals surface area contributed by atoms with E-state index in [2.05, 4.69) is 4.98 Å². The van der Waals surface area contributed by atoms with Gasteiger partial charge in [-0.3, -0.25) is 0 Å². The maximum absolute atomic E-state index is 11.9. The van der Waals surface area contributed by atoms with Crippen molar-refractivity contribution in [1.82, 2.24) is 4.98 Å². The lowest BCUT2D eigenvalue weighted by Gasteiger charge is -2.07. The molecule has 0 bridgehead atoms. The number of pyridine rings is 1. The zero-order valence-corrected chi connectivity index (χ0v) is 16.2. The van der Waals surface area contributed by atoms with E-state index >= 15 is 0 Å². The van der Waals surface area contributed by atoms with Gasteiger partial charge in [0.05, 0.1) is 5.52 Å².